The molecule has 1 aliphatic rings. The van der Waals surface area contributed by atoms with Crippen molar-refractivity contribution in [3.63, 3.8) is 0 Å². The van der Waals surface area contributed by atoms with Gasteiger partial charge in [0.2, 0.25) is 0 Å². The molecule has 0 radical (unpaired) electrons. The van der Waals surface area contributed by atoms with E-state index in [2.05, 4.69) is 15.4 Å². The lowest BCUT2D eigenvalue weighted by Gasteiger charge is -2.43. The fourth-order valence-corrected chi connectivity index (χ4v) is 5.55. The Morgan fingerprint density at radius 1 is 1.09 bits per heavy atom. The molecular formula is C31H28ClF5N4O4. The summed E-state index contributed by atoms with van der Waals surface area (Å²) in [6.45, 7) is 2.10. The van der Waals surface area contributed by atoms with E-state index in [4.69, 9.17) is 21.1 Å². The zero-order valence-electron chi connectivity index (χ0n) is 23.8. The maximum Gasteiger partial charge on any atom is 0.416 e. The van der Waals surface area contributed by atoms with E-state index in [1.54, 1.807) is 19.1 Å². The minimum Gasteiger partial charge on any atom is -0.383 e. The second-order valence-corrected chi connectivity index (χ2v) is 11.2. The van der Waals surface area contributed by atoms with Gasteiger partial charge in [0.05, 0.1) is 36.0 Å². The summed E-state index contributed by atoms with van der Waals surface area (Å²) in [5.74, 6) is -4.54. The molecule has 1 fully saturated rings. The van der Waals surface area contributed by atoms with Crippen molar-refractivity contribution >= 4 is 23.2 Å². The molecule has 1 unspecified atom stereocenters. The van der Waals surface area contributed by atoms with Crippen LogP contribution in [0.4, 0.5) is 27.6 Å². The first-order valence-corrected chi connectivity index (χ1v) is 14.3. The van der Waals surface area contributed by atoms with Crippen LogP contribution in [0.5, 0.6) is 0 Å². The van der Waals surface area contributed by atoms with E-state index < -0.39 is 46.6 Å². The Morgan fingerprint density at radius 3 is 2.40 bits per heavy atom. The highest BCUT2D eigenvalue weighted by atomic mass is 35.5. The third kappa shape index (κ3) is 7.01. The summed E-state index contributed by atoms with van der Waals surface area (Å²) in [6, 6.07) is 11.7. The number of ether oxygens (including phenoxy) is 2. The molecule has 1 saturated heterocycles. The van der Waals surface area contributed by atoms with Crippen LogP contribution >= 0.6 is 11.6 Å². The topological polar surface area (TPSA) is 98.5 Å². The van der Waals surface area contributed by atoms with E-state index in [0.717, 1.165) is 24.3 Å². The molecule has 5 rings (SSSR count). The molecule has 1 aromatic heterocycles. The molecule has 8 nitrogen and oxygen atoms in total. The van der Waals surface area contributed by atoms with Gasteiger partial charge in [0, 0.05) is 29.2 Å². The molecule has 2 heterocycles. The van der Waals surface area contributed by atoms with Crippen molar-refractivity contribution in [1.82, 2.24) is 14.8 Å². The predicted molar refractivity (Wildman–Crippen MR) is 153 cm³/mol. The van der Waals surface area contributed by atoms with Crippen LogP contribution in [0.1, 0.15) is 46.8 Å². The number of amides is 1. The third-order valence-electron chi connectivity index (χ3n) is 7.75. The Hall–Kier alpha value is -3.91. The molecular weight excluding hydrogens is 623 g/mol. The van der Waals surface area contributed by atoms with Crippen molar-refractivity contribution in [3.05, 3.63) is 112 Å². The van der Waals surface area contributed by atoms with Gasteiger partial charge in [-0.25, -0.2) is 18.4 Å². The molecule has 3 aromatic carbocycles. The smallest absolute Gasteiger partial charge is 0.383 e. The summed E-state index contributed by atoms with van der Waals surface area (Å²) < 4.78 is 81.5. The molecule has 45 heavy (non-hydrogen) atoms. The highest BCUT2D eigenvalue weighted by Gasteiger charge is 2.46. The highest BCUT2D eigenvalue weighted by molar-refractivity contribution is 6.34. The average molecular weight is 651 g/mol. The number of aliphatic hydroxyl groups is 1. The number of aromatic nitrogens is 3. The van der Waals surface area contributed by atoms with Gasteiger partial charge in [-0.1, -0.05) is 36.7 Å². The van der Waals surface area contributed by atoms with Gasteiger partial charge in [-0.05, 0) is 48.7 Å². The molecule has 0 spiro atoms. The van der Waals surface area contributed by atoms with Crippen LogP contribution in [0, 0.1) is 17.6 Å². The van der Waals surface area contributed by atoms with E-state index in [-0.39, 0.29) is 34.8 Å². The lowest BCUT2D eigenvalue weighted by Crippen LogP contribution is -2.46. The van der Waals surface area contributed by atoms with Gasteiger partial charge in [0.1, 0.15) is 29.9 Å². The SMILES string of the molecule is CC(CC1(c2ccc(C(=O)Nc3ccc(C(F)(F)F)cc3Cl)cc2)OCCCO1)[C@@](O)(Cn1cncn1)c1ccc(F)cc1F. The second-order valence-electron chi connectivity index (χ2n) is 10.8. The third-order valence-corrected chi connectivity index (χ3v) is 8.06. The molecule has 0 aliphatic carbocycles. The van der Waals surface area contributed by atoms with Gasteiger partial charge in [0.25, 0.3) is 5.91 Å². The van der Waals surface area contributed by atoms with E-state index in [9.17, 15) is 27.5 Å². The zero-order chi connectivity index (χ0) is 32.4. The Morgan fingerprint density at radius 2 is 1.80 bits per heavy atom. The number of benzene rings is 3. The molecule has 238 valence electrons. The van der Waals surface area contributed by atoms with Crippen LogP contribution in [-0.4, -0.2) is 39.0 Å². The van der Waals surface area contributed by atoms with Crippen LogP contribution in [-0.2, 0) is 33.6 Å². The first-order valence-electron chi connectivity index (χ1n) is 13.9. The molecule has 4 aromatic rings. The van der Waals surface area contributed by atoms with E-state index in [0.29, 0.717) is 31.3 Å². The summed E-state index contributed by atoms with van der Waals surface area (Å²) in [5.41, 5.74) is -2.33. The second kappa shape index (κ2) is 12.8. The number of anilines is 1. The molecule has 2 N–H and O–H groups in total. The van der Waals surface area contributed by atoms with Crippen molar-refractivity contribution in [1.29, 1.82) is 0 Å². The predicted octanol–water partition coefficient (Wildman–Crippen LogP) is 6.68. The Bertz CT molecular complexity index is 1650. The van der Waals surface area contributed by atoms with E-state index >= 15 is 4.39 Å². The normalized spacial score (nSPS) is 17.0. The molecule has 0 saturated carbocycles. The Kier molecular flexibility index (Phi) is 9.26. The van der Waals surface area contributed by atoms with Crippen molar-refractivity contribution in [2.24, 2.45) is 5.92 Å². The fraction of sp³-hybridized carbons (Fsp3) is 0.323. The monoisotopic (exact) mass is 650 g/mol. The number of nitrogens with one attached hydrogen (secondary N) is 1. The largest absolute Gasteiger partial charge is 0.416 e. The molecule has 14 heteroatoms. The van der Waals surface area contributed by atoms with E-state index in [1.165, 1.54) is 35.5 Å². The standard InChI is InChI=1S/C31H28ClF5N4O4/c1-19(29(43,16-41-18-38-17-39-41)24-9-8-23(33)14-26(24)34)15-30(44-11-2-12-45-30)21-5-3-20(4-6-21)28(42)40-27-10-7-22(13-25(27)32)31(35,36)37/h3-10,13-14,17-19,43H,2,11-12,15-16H2,1H3,(H,40,42)/t19?,29-/m0/s1. The summed E-state index contributed by atoms with van der Waals surface area (Å²) in [7, 11) is 0. The van der Waals surface area contributed by atoms with Crippen LogP contribution in [0.3, 0.4) is 0 Å². The summed E-state index contributed by atoms with van der Waals surface area (Å²) in [4.78, 5) is 16.8. The number of halogens is 6. The quantitative estimate of drug-likeness (QED) is 0.196. The van der Waals surface area contributed by atoms with Crippen LogP contribution in [0.15, 0.2) is 73.3 Å². The van der Waals surface area contributed by atoms with Crippen molar-refractivity contribution < 1.29 is 41.3 Å². The lowest BCUT2D eigenvalue weighted by atomic mass is 9.77. The number of nitrogens with zero attached hydrogens (tertiary/aromatic N) is 3. The lowest BCUT2D eigenvalue weighted by molar-refractivity contribution is -0.291. The van der Waals surface area contributed by atoms with E-state index in [1.807, 2.05) is 0 Å². The number of hydrogen-bond acceptors (Lipinski definition) is 6. The summed E-state index contributed by atoms with van der Waals surface area (Å²) in [6.07, 6.45) is -1.34. The van der Waals surface area contributed by atoms with Crippen molar-refractivity contribution in [2.75, 3.05) is 18.5 Å². The average Bonchev–Trinajstić information content (AvgIpc) is 3.51. The molecule has 1 amide bonds. The first kappa shape index (κ1) is 32.5. The van der Waals surface area contributed by atoms with Gasteiger partial charge in [-0.2, -0.15) is 18.3 Å². The van der Waals surface area contributed by atoms with Crippen molar-refractivity contribution in [3.8, 4) is 0 Å². The summed E-state index contributed by atoms with van der Waals surface area (Å²) >= 11 is 5.98. The number of carbonyl (C=O) groups excluding carboxylic acids is 1. The van der Waals surface area contributed by atoms with Gasteiger partial charge in [-0.15, -0.1) is 0 Å². The minimum atomic E-state index is -4.59. The van der Waals surface area contributed by atoms with Gasteiger partial charge < -0.3 is 19.9 Å². The fourth-order valence-electron chi connectivity index (χ4n) is 5.32. The van der Waals surface area contributed by atoms with Crippen LogP contribution in [0.25, 0.3) is 0 Å². The number of hydrogen-bond donors (Lipinski definition) is 2. The number of carbonyl (C=O) groups is 1. The zero-order valence-corrected chi connectivity index (χ0v) is 24.6. The Labute approximate surface area is 259 Å². The summed E-state index contributed by atoms with van der Waals surface area (Å²) in [5, 5.41) is 18.3. The van der Waals surface area contributed by atoms with Gasteiger partial charge in [-0.3, -0.25) is 4.79 Å². The number of alkyl halides is 3. The maximum atomic E-state index is 15.1. The van der Waals surface area contributed by atoms with Gasteiger partial charge in [0.15, 0.2) is 5.79 Å². The van der Waals surface area contributed by atoms with Gasteiger partial charge >= 0.3 is 6.18 Å². The molecule has 1 aliphatic heterocycles. The maximum absolute atomic E-state index is 15.1. The minimum absolute atomic E-state index is 0.00248. The number of rotatable bonds is 9. The highest BCUT2D eigenvalue weighted by Crippen LogP contribution is 2.44. The Balaban J connectivity index is 1.41. The molecule has 2 atom stereocenters. The van der Waals surface area contributed by atoms with Crippen LogP contribution < -0.4 is 5.32 Å². The molecule has 0 bridgehead atoms. The van der Waals surface area contributed by atoms with Crippen molar-refractivity contribution in [2.45, 2.75) is 43.9 Å². The first-order chi connectivity index (χ1) is 21.3. The van der Waals surface area contributed by atoms with Crippen LogP contribution in [0.2, 0.25) is 5.02 Å².